The van der Waals surface area contributed by atoms with E-state index in [-0.39, 0.29) is 11.7 Å². The van der Waals surface area contributed by atoms with Gasteiger partial charge in [-0.05, 0) is 56.8 Å². The molecule has 2 heterocycles. The van der Waals surface area contributed by atoms with E-state index < -0.39 is 5.97 Å². The number of nitrogens with zero attached hydrogens (tertiary/aromatic N) is 2. The number of benzene rings is 1. The molecule has 0 saturated carbocycles. The predicted molar refractivity (Wildman–Crippen MR) is 125 cm³/mol. The third-order valence-electron chi connectivity index (χ3n) is 6.95. The Morgan fingerprint density at radius 1 is 1.22 bits per heavy atom. The maximum Gasteiger partial charge on any atom is 0.306 e. The molecule has 0 radical (unpaired) electrons. The third-order valence-corrected chi connectivity index (χ3v) is 6.95. The topological polar surface area (TPSA) is 66.6 Å². The molecule has 1 unspecified atom stereocenters. The molecule has 1 N–H and O–H groups in total. The second-order valence-corrected chi connectivity index (χ2v) is 9.72. The van der Waals surface area contributed by atoms with Crippen molar-refractivity contribution >= 4 is 16.9 Å². The SMILES string of the molecule is CCCCCCCC[C@@H](CC(C)CN1CCC(c2noc3cc(F)ccc23)CC1)C(=O)O. The molecule has 32 heavy (non-hydrogen) atoms. The van der Waals surface area contributed by atoms with E-state index in [4.69, 9.17) is 4.52 Å². The van der Waals surface area contributed by atoms with Gasteiger partial charge >= 0.3 is 5.97 Å². The van der Waals surface area contributed by atoms with Crippen LogP contribution in [-0.4, -0.2) is 40.8 Å². The van der Waals surface area contributed by atoms with E-state index in [0.29, 0.717) is 17.4 Å². The lowest BCUT2D eigenvalue weighted by atomic mass is 9.88. The highest BCUT2D eigenvalue weighted by atomic mass is 19.1. The first-order valence-corrected chi connectivity index (χ1v) is 12.5. The largest absolute Gasteiger partial charge is 0.481 e. The highest BCUT2D eigenvalue weighted by Gasteiger charge is 2.27. The minimum atomic E-state index is -0.640. The predicted octanol–water partition coefficient (Wildman–Crippen LogP) is 6.62. The fourth-order valence-electron chi connectivity index (χ4n) is 5.13. The molecule has 0 amide bonds. The van der Waals surface area contributed by atoms with Crippen LogP contribution < -0.4 is 0 Å². The van der Waals surface area contributed by atoms with E-state index in [1.807, 2.05) is 0 Å². The van der Waals surface area contributed by atoms with Crippen molar-refractivity contribution in [3.8, 4) is 0 Å². The summed E-state index contributed by atoms with van der Waals surface area (Å²) in [6.07, 6.45) is 10.7. The van der Waals surface area contributed by atoms with Gasteiger partial charge in [-0.2, -0.15) is 0 Å². The molecule has 1 aliphatic heterocycles. The van der Waals surface area contributed by atoms with E-state index in [9.17, 15) is 14.3 Å². The van der Waals surface area contributed by atoms with Crippen molar-refractivity contribution in [1.29, 1.82) is 0 Å². The highest BCUT2D eigenvalue weighted by Crippen LogP contribution is 2.33. The Labute approximate surface area is 191 Å². The van der Waals surface area contributed by atoms with E-state index in [1.165, 1.54) is 37.8 Å². The lowest BCUT2D eigenvalue weighted by molar-refractivity contribution is -0.142. The zero-order chi connectivity index (χ0) is 22.9. The van der Waals surface area contributed by atoms with Crippen molar-refractivity contribution in [1.82, 2.24) is 10.1 Å². The highest BCUT2D eigenvalue weighted by molar-refractivity contribution is 5.79. The Bertz CT molecular complexity index is 845. The maximum absolute atomic E-state index is 13.4. The molecular weight excluding hydrogens is 407 g/mol. The van der Waals surface area contributed by atoms with Crippen molar-refractivity contribution in [3.63, 3.8) is 0 Å². The number of halogens is 1. The van der Waals surface area contributed by atoms with Gasteiger partial charge in [-0.1, -0.05) is 57.5 Å². The number of aromatic nitrogens is 1. The lowest BCUT2D eigenvalue weighted by Gasteiger charge is -2.33. The first-order valence-electron chi connectivity index (χ1n) is 12.5. The summed E-state index contributed by atoms with van der Waals surface area (Å²) in [6, 6.07) is 4.62. The third kappa shape index (κ3) is 7.03. The Morgan fingerprint density at radius 2 is 1.94 bits per heavy atom. The molecule has 1 aromatic heterocycles. The molecule has 0 spiro atoms. The number of unbranched alkanes of at least 4 members (excludes halogenated alkanes) is 5. The van der Waals surface area contributed by atoms with Crippen molar-refractivity contribution in [3.05, 3.63) is 29.7 Å². The van der Waals surface area contributed by atoms with E-state index in [0.717, 1.165) is 69.2 Å². The molecule has 0 bridgehead atoms. The summed E-state index contributed by atoms with van der Waals surface area (Å²) in [5.41, 5.74) is 1.46. The number of fused-ring (bicyclic) bond motifs is 1. The number of carbonyl (C=O) groups is 1. The Morgan fingerprint density at radius 3 is 2.66 bits per heavy atom. The molecule has 5 nitrogen and oxygen atoms in total. The number of piperidine rings is 1. The molecule has 1 saturated heterocycles. The van der Waals surface area contributed by atoms with Crippen molar-refractivity contribution in [2.24, 2.45) is 11.8 Å². The average Bonchev–Trinajstić information content (AvgIpc) is 3.18. The van der Waals surface area contributed by atoms with Gasteiger partial charge in [0.05, 0.1) is 11.6 Å². The van der Waals surface area contributed by atoms with E-state index in [1.54, 1.807) is 6.07 Å². The molecule has 2 aromatic rings. The van der Waals surface area contributed by atoms with Gasteiger partial charge in [-0.3, -0.25) is 4.79 Å². The standard InChI is InChI=1S/C26H39FN2O3/c1-3-4-5-6-7-8-9-21(26(30)31)16-19(2)18-29-14-12-20(13-15-29)25-23-11-10-22(27)17-24(23)32-28-25/h10-11,17,19-21H,3-9,12-16,18H2,1-2H3,(H,30,31)/t19?,21-/m0/s1. The van der Waals surface area contributed by atoms with Crippen LogP contribution >= 0.6 is 0 Å². The van der Waals surface area contributed by atoms with Crippen molar-refractivity contribution in [2.75, 3.05) is 19.6 Å². The van der Waals surface area contributed by atoms with Crippen LogP contribution in [0.4, 0.5) is 4.39 Å². The van der Waals surface area contributed by atoms with Gasteiger partial charge in [0.15, 0.2) is 5.58 Å². The zero-order valence-corrected chi connectivity index (χ0v) is 19.7. The van der Waals surface area contributed by atoms with Gasteiger partial charge < -0.3 is 14.5 Å². The second-order valence-electron chi connectivity index (χ2n) is 9.72. The molecule has 3 rings (SSSR count). The molecule has 178 valence electrons. The van der Waals surface area contributed by atoms with Gasteiger partial charge in [0.25, 0.3) is 0 Å². The normalized spacial score (nSPS) is 17.6. The van der Waals surface area contributed by atoms with Crippen LogP contribution in [0, 0.1) is 17.7 Å². The smallest absolute Gasteiger partial charge is 0.306 e. The monoisotopic (exact) mass is 446 g/mol. The zero-order valence-electron chi connectivity index (χ0n) is 19.7. The molecular formula is C26H39FN2O3. The van der Waals surface area contributed by atoms with Gasteiger partial charge in [0, 0.05) is 23.9 Å². The van der Waals surface area contributed by atoms with Crippen molar-refractivity contribution in [2.45, 2.75) is 84.0 Å². The molecule has 1 aliphatic rings. The Hall–Kier alpha value is -1.95. The molecule has 1 aromatic carbocycles. The fourth-order valence-corrected chi connectivity index (χ4v) is 5.13. The Kier molecular flexibility index (Phi) is 9.51. The summed E-state index contributed by atoms with van der Waals surface area (Å²) in [7, 11) is 0. The first kappa shape index (κ1) is 24.7. The molecule has 1 fully saturated rings. The average molecular weight is 447 g/mol. The summed E-state index contributed by atoms with van der Waals surface area (Å²) < 4.78 is 18.7. The van der Waals surface area contributed by atoms with Crippen LogP contribution in [0.15, 0.2) is 22.7 Å². The van der Waals surface area contributed by atoms with Crippen molar-refractivity contribution < 1.29 is 18.8 Å². The van der Waals surface area contributed by atoms with Crippen LogP contribution in [0.5, 0.6) is 0 Å². The summed E-state index contributed by atoms with van der Waals surface area (Å²) in [6.45, 7) is 7.28. The minimum Gasteiger partial charge on any atom is -0.481 e. The lowest BCUT2D eigenvalue weighted by Crippen LogP contribution is -2.36. The van der Waals surface area contributed by atoms with Crippen LogP contribution in [0.2, 0.25) is 0 Å². The van der Waals surface area contributed by atoms with Crippen LogP contribution in [0.3, 0.4) is 0 Å². The summed E-state index contributed by atoms with van der Waals surface area (Å²) in [5.74, 6) is -0.481. The summed E-state index contributed by atoms with van der Waals surface area (Å²) >= 11 is 0. The number of aliphatic carboxylic acids is 1. The summed E-state index contributed by atoms with van der Waals surface area (Å²) in [5, 5.41) is 14.8. The number of hydrogen-bond acceptors (Lipinski definition) is 4. The number of carboxylic acids is 1. The van der Waals surface area contributed by atoms with Crippen LogP contribution in [-0.2, 0) is 4.79 Å². The summed E-state index contributed by atoms with van der Waals surface area (Å²) in [4.78, 5) is 14.2. The second kappa shape index (κ2) is 12.3. The van der Waals surface area contributed by atoms with Gasteiger partial charge in [0.2, 0.25) is 0 Å². The number of carboxylic acid groups (broad SMARTS) is 1. The van der Waals surface area contributed by atoms with E-state index in [2.05, 4.69) is 23.9 Å². The molecule has 0 aliphatic carbocycles. The number of rotatable bonds is 13. The quantitative estimate of drug-likeness (QED) is 0.350. The molecule has 2 atom stereocenters. The van der Waals surface area contributed by atoms with Crippen LogP contribution in [0.1, 0.15) is 89.7 Å². The van der Waals surface area contributed by atoms with Gasteiger partial charge in [-0.15, -0.1) is 0 Å². The van der Waals surface area contributed by atoms with Crippen LogP contribution in [0.25, 0.3) is 11.0 Å². The first-order chi connectivity index (χ1) is 15.5. The minimum absolute atomic E-state index is 0.226. The van der Waals surface area contributed by atoms with E-state index >= 15 is 0 Å². The Balaban J connectivity index is 1.41. The maximum atomic E-state index is 13.4. The molecule has 6 heteroatoms. The number of likely N-dealkylation sites (tertiary alicyclic amines) is 1. The van der Waals surface area contributed by atoms with Gasteiger partial charge in [-0.25, -0.2) is 4.39 Å². The fraction of sp³-hybridized carbons (Fsp3) is 0.692. The van der Waals surface area contributed by atoms with Gasteiger partial charge in [0.1, 0.15) is 5.82 Å². The number of hydrogen-bond donors (Lipinski definition) is 1.